The SMILES string of the molecule is CC(c1ccc(-n2cncn2)cc1)N(C)CC(=O)Nc1ccccc1C(=O)NC1CCCC1. The quantitative estimate of drug-likeness (QED) is 0.552. The van der Waals surface area contributed by atoms with Crippen molar-refractivity contribution in [1.29, 1.82) is 0 Å². The second kappa shape index (κ2) is 10.4. The van der Waals surface area contributed by atoms with Crippen LogP contribution in [0, 0.1) is 0 Å². The number of rotatable bonds is 8. The number of nitrogens with zero attached hydrogens (tertiary/aromatic N) is 4. The average Bonchev–Trinajstić information content (AvgIpc) is 3.53. The lowest BCUT2D eigenvalue weighted by Gasteiger charge is -2.25. The molecule has 4 rings (SSSR count). The number of amides is 2. The predicted molar refractivity (Wildman–Crippen MR) is 127 cm³/mol. The van der Waals surface area contributed by atoms with Crippen molar-refractivity contribution < 1.29 is 9.59 Å². The number of hydrogen-bond donors (Lipinski definition) is 2. The number of aromatic nitrogens is 3. The van der Waals surface area contributed by atoms with Crippen LogP contribution in [-0.2, 0) is 4.79 Å². The Hall–Kier alpha value is -3.52. The summed E-state index contributed by atoms with van der Waals surface area (Å²) in [6, 6.07) is 15.4. The highest BCUT2D eigenvalue weighted by molar-refractivity contribution is 6.04. The third-order valence-corrected chi connectivity index (χ3v) is 6.25. The molecule has 0 saturated heterocycles. The molecule has 0 aliphatic heterocycles. The molecule has 1 saturated carbocycles. The van der Waals surface area contributed by atoms with E-state index >= 15 is 0 Å². The lowest BCUT2D eigenvalue weighted by atomic mass is 10.1. The minimum Gasteiger partial charge on any atom is -0.349 e. The zero-order valence-electron chi connectivity index (χ0n) is 19.1. The van der Waals surface area contributed by atoms with E-state index in [0.29, 0.717) is 11.3 Å². The highest BCUT2D eigenvalue weighted by Gasteiger charge is 2.21. The van der Waals surface area contributed by atoms with Crippen molar-refractivity contribution >= 4 is 17.5 Å². The van der Waals surface area contributed by atoms with Gasteiger partial charge in [0.2, 0.25) is 5.91 Å². The Labute approximate surface area is 194 Å². The zero-order valence-corrected chi connectivity index (χ0v) is 19.1. The molecule has 0 bridgehead atoms. The second-order valence-corrected chi connectivity index (χ2v) is 8.57. The predicted octanol–water partition coefficient (Wildman–Crippen LogP) is 3.57. The Kier molecular flexibility index (Phi) is 7.14. The van der Waals surface area contributed by atoms with Gasteiger partial charge in [-0.15, -0.1) is 0 Å². The van der Waals surface area contributed by atoms with Crippen molar-refractivity contribution in [1.82, 2.24) is 25.0 Å². The van der Waals surface area contributed by atoms with E-state index in [4.69, 9.17) is 0 Å². The Bertz CT molecular complexity index is 1070. The van der Waals surface area contributed by atoms with Gasteiger partial charge in [0, 0.05) is 12.1 Å². The normalized spacial score (nSPS) is 14.9. The van der Waals surface area contributed by atoms with Crippen molar-refractivity contribution in [3.05, 3.63) is 72.3 Å². The lowest BCUT2D eigenvalue weighted by molar-refractivity contribution is -0.117. The minimum atomic E-state index is -0.162. The molecule has 8 heteroatoms. The first-order chi connectivity index (χ1) is 16.0. The van der Waals surface area contributed by atoms with Crippen LogP contribution in [0.25, 0.3) is 5.69 Å². The number of nitrogens with one attached hydrogen (secondary N) is 2. The van der Waals surface area contributed by atoms with Gasteiger partial charge in [-0.2, -0.15) is 5.10 Å². The molecule has 0 spiro atoms. The number of para-hydroxylation sites is 1. The van der Waals surface area contributed by atoms with Crippen molar-refractivity contribution in [2.75, 3.05) is 18.9 Å². The monoisotopic (exact) mass is 446 g/mol. The third-order valence-electron chi connectivity index (χ3n) is 6.25. The fraction of sp³-hybridized carbons (Fsp3) is 0.360. The molecule has 172 valence electrons. The highest BCUT2D eigenvalue weighted by Crippen LogP contribution is 2.22. The van der Waals surface area contributed by atoms with Crippen LogP contribution in [-0.4, -0.2) is 51.1 Å². The first-order valence-corrected chi connectivity index (χ1v) is 11.4. The maximum Gasteiger partial charge on any atom is 0.253 e. The van der Waals surface area contributed by atoms with Crippen LogP contribution >= 0.6 is 0 Å². The summed E-state index contributed by atoms with van der Waals surface area (Å²) < 4.78 is 1.70. The molecule has 3 aromatic rings. The first-order valence-electron chi connectivity index (χ1n) is 11.4. The molecule has 0 radical (unpaired) electrons. The van der Waals surface area contributed by atoms with Crippen LogP contribution in [0.2, 0.25) is 0 Å². The summed E-state index contributed by atoms with van der Waals surface area (Å²) in [7, 11) is 1.91. The van der Waals surface area contributed by atoms with E-state index < -0.39 is 0 Å². The Morgan fingerprint density at radius 1 is 1.12 bits per heavy atom. The van der Waals surface area contributed by atoms with E-state index in [1.54, 1.807) is 23.1 Å². The molecule has 8 nitrogen and oxygen atoms in total. The van der Waals surface area contributed by atoms with Gasteiger partial charge in [0.15, 0.2) is 0 Å². The summed E-state index contributed by atoms with van der Waals surface area (Å²) in [6.07, 6.45) is 7.49. The molecule has 1 aliphatic rings. The maximum atomic E-state index is 12.8. The Morgan fingerprint density at radius 2 is 1.85 bits per heavy atom. The molecule has 33 heavy (non-hydrogen) atoms. The van der Waals surface area contributed by atoms with Gasteiger partial charge in [-0.25, -0.2) is 9.67 Å². The fourth-order valence-corrected chi connectivity index (χ4v) is 4.18. The van der Waals surface area contributed by atoms with Gasteiger partial charge < -0.3 is 10.6 Å². The van der Waals surface area contributed by atoms with Crippen LogP contribution in [0.1, 0.15) is 54.6 Å². The number of benzene rings is 2. The molecular formula is C25H30N6O2. The van der Waals surface area contributed by atoms with E-state index in [-0.39, 0.29) is 30.4 Å². The molecule has 1 fully saturated rings. The smallest absolute Gasteiger partial charge is 0.253 e. The van der Waals surface area contributed by atoms with Crippen molar-refractivity contribution in [2.45, 2.75) is 44.7 Å². The van der Waals surface area contributed by atoms with Gasteiger partial charge in [0.1, 0.15) is 12.7 Å². The van der Waals surface area contributed by atoms with Crippen molar-refractivity contribution in [3.8, 4) is 5.69 Å². The number of carbonyl (C=O) groups excluding carboxylic acids is 2. The molecule has 1 heterocycles. The van der Waals surface area contributed by atoms with Crippen LogP contribution in [0.15, 0.2) is 61.2 Å². The van der Waals surface area contributed by atoms with Gasteiger partial charge in [-0.05, 0) is 56.6 Å². The van der Waals surface area contributed by atoms with E-state index in [2.05, 4.69) is 27.6 Å². The van der Waals surface area contributed by atoms with Gasteiger partial charge in [0.25, 0.3) is 5.91 Å². The standard InChI is InChI=1S/C25H30N6O2/c1-18(19-11-13-21(14-12-19)31-17-26-16-27-31)30(2)15-24(32)29-23-10-6-5-9-22(23)25(33)28-20-7-3-4-8-20/h5-6,9-14,16-18,20H,3-4,7-8,15H2,1-2H3,(H,28,33)(H,29,32). The first kappa shape index (κ1) is 22.7. The Morgan fingerprint density at radius 3 is 2.55 bits per heavy atom. The fourth-order valence-electron chi connectivity index (χ4n) is 4.18. The minimum absolute atomic E-state index is 0.0291. The van der Waals surface area contributed by atoms with Gasteiger partial charge in [-0.3, -0.25) is 14.5 Å². The lowest BCUT2D eigenvalue weighted by Crippen LogP contribution is -2.35. The molecule has 2 amide bonds. The van der Waals surface area contributed by atoms with Gasteiger partial charge in [0.05, 0.1) is 23.5 Å². The molecule has 1 unspecified atom stereocenters. The number of hydrogen-bond acceptors (Lipinski definition) is 5. The van der Waals surface area contributed by atoms with Crippen molar-refractivity contribution in [2.24, 2.45) is 0 Å². The topological polar surface area (TPSA) is 92.2 Å². The average molecular weight is 447 g/mol. The molecule has 1 atom stereocenters. The summed E-state index contributed by atoms with van der Waals surface area (Å²) >= 11 is 0. The van der Waals surface area contributed by atoms with E-state index in [9.17, 15) is 9.59 Å². The van der Waals surface area contributed by atoms with Gasteiger partial charge >= 0.3 is 0 Å². The summed E-state index contributed by atoms with van der Waals surface area (Å²) in [6.45, 7) is 2.26. The van der Waals surface area contributed by atoms with Crippen LogP contribution in [0.3, 0.4) is 0 Å². The summed E-state index contributed by atoms with van der Waals surface area (Å²) in [5, 5.41) is 10.2. The number of carbonyl (C=O) groups is 2. The molecule has 1 aromatic heterocycles. The van der Waals surface area contributed by atoms with Crippen LogP contribution in [0.5, 0.6) is 0 Å². The highest BCUT2D eigenvalue weighted by atomic mass is 16.2. The number of anilines is 1. The second-order valence-electron chi connectivity index (χ2n) is 8.57. The summed E-state index contributed by atoms with van der Waals surface area (Å²) in [5.74, 6) is -0.295. The zero-order chi connectivity index (χ0) is 23.2. The van der Waals surface area contributed by atoms with Gasteiger partial charge in [-0.1, -0.05) is 37.1 Å². The molecule has 2 N–H and O–H groups in total. The third kappa shape index (κ3) is 5.64. The molecular weight excluding hydrogens is 416 g/mol. The van der Waals surface area contributed by atoms with Crippen LogP contribution in [0.4, 0.5) is 5.69 Å². The van der Waals surface area contributed by atoms with Crippen molar-refractivity contribution in [3.63, 3.8) is 0 Å². The van der Waals surface area contributed by atoms with E-state index in [1.807, 2.05) is 48.3 Å². The molecule has 2 aromatic carbocycles. The summed E-state index contributed by atoms with van der Waals surface area (Å²) in [4.78, 5) is 31.5. The summed E-state index contributed by atoms with van der Waals surface area (Å²) in [5.41, 5.74) is 3.05. The van der Waals surface area contributed by atoms with Crippen LogP contribution < -0.4 is 10.6 Å². The van der Waals surface area contributed by atoms with E-state index in [1.165, 1.54) is 6.33 Å². The number of likely N-dealkylation sites (N-methyl/N-ethyl adjacent to an activating group) is 1. The Balaban J connectivity index is 1.36. The largest absolute Gasteiger partial charge is 0.349 e. The van der Waals surface area contributed by atoms with E-state index in [0.717, 1.165) is 36.9 Å². The maximum absolute atomic E-state index is 12.8. The molecule has 1 aliphatic carbocycles.